The first-order chi connectivity index (χ1) is 8.99. The number of carbonyl (C=O) groups is 1. The Morgan fingerprint density at radius 3 is 2.45 bits per heavy atom. The van der Waals surface area contributed by atoms with E-state index in [4.69, 9.17) is 5.73 Å². The molecule has 2 heterocycles. The second-order valence-corrected chi connectivity index (χ2v) is 5.85. The van der Waals surface area contributed by atoms with E-state index in [0.29, 0.717) is 17.5 Å². The molecule has 0 radical (unpaired) electrons. The van der Waals surface area contributed by atoms with Crippen LogP contribution in [0.4, 0.5) is 0 Å². The Morgan fingerprint density at radius 1 is 1.40 bits per heavy atom. The SMILES string of the molecule is CC(C)c1cc(C(=O)N2CCC(C(C)N)CC2)n[nH]1.Cl. The van der Waals surface area contributed by atoms with Crippen LogP contribution in [-0.2, 0) is 0 Å². The molecule has 0 spiro atoms. The molecular weight excluding hydrogens is 276 g/mol. The van der Waals surface area contributed by atoms with Gasteiger partial charge in [-0.1, -0.05) is 13.8 Å². The molecule has 6 heteroatoms. The summed E-state index contributed by atoms with van der Waals surface area (Å²) in [6.45, 7) is 7.78. The highest BCUT2D eigenvalue weighted by Gasteiger charge is 2.26. The van der Waals surface area contributed by atoms with E-state index in [-0.39, 0.29) is 24.4 Å². The summed E-state index contributed by atoms with van der Waals surface area (Å²) in [7, 11) is 0. The molecule has 0 bridgehead atoms. The summed E-state index contributed by atoms with van der Waals surface area (Å²) in [4.78, 5) is 14.2. The lowest BCUT2D eigenvalue weighted by molar-refractivity contribution is 0.0675. The fraction of sp³-hybridized carbons (Fsp3) is 0.714. The largest absolute Gasteiger partial charge is 0.337 e. The molecule has 2 rings (SSSR count). The lowest BCUT2D eigenvalue weighted by Gasteiger charge is -2.33. The van der Waals surface area contributed by atoms with Crippen molar-refractivity contribution in [2.45, 2.75) is 45.6 Å². The van der Waals surface area contributed by atoms with Crippen LogP contribution in [0.15, 0.2) is 6.07 Å². The molecule has 1 aromatic rings. The molecule has 1 fully saturated rings. The molecule has 114 valence electrons. The number of carbonyl (C=O) groups excluding carboxylic acids is 1. The third kappa shape index (κ3) is 3.73. The number of amides is 1. The summed E-state index contributed by atoms with van der Waals surface area (Å²) < 4.78 is 0. The van der Waals surface area contributed by atoms with Gasteiger partial charge in [0.05, 0.1) is 0 Å². The van der Waals surface area contributed by atoms with Crippen LogP contribution in [0.25, 0.3) is 0 Å². The first kappa shape index (κ1) is 17.0. The number of rotatable bonds is 3. The van der Waals surface area contributed by atoms with Gasteiger partial charge in [0.25, 0.3) is 5.91 Å². The normalized spacial score (nSPS) is 17.9. The van der Waals surface area contributed by atoms with Crippen molar-refractivity contribution in [2.24, 2.45) is 11.7 Å². The monoisotopic (exact) mass is 300 g/mol. The van der Waals surface area contributed by atoms with Gasteiger partial charge < -0.3 is 10.6 Å². The smallest absolute Gasteiger partial charge is 0.274 e. The van der Waals surface area contributed by atoms with Crippen molar-refractivity contribution in [3.63, 3.8) is 0 Å². The molecule has 1 atom stereocenters. The third-order valence-electron chi connectivity index (χ3n) is 4.01. The topological polar surface area (TPSA) is 75.0 Å². The van der Waals surface area contributed by atoms with Crippen molar-refractivity contribution in [3.05, 3.63) is 17.5 Å². The van der Waals surface area contributed by atoms with Crippen molar-refractivity contribution in [1.29, 1.82) is 0 Å². The second kappa shape index (κ2) is 7.09. The van der Waals surface area contributed by atoms with Gasteiger partial charge in [0.15, 0.2) is 0 Å². The molecule has 20 heavy (non-hydrogen) atoms. The van der Waals surface area contributed by atoms with Crippen LogP contribution >= 0.6 is 12.4 Å². The highest BCUT2D eigenvalue weighted by atomic mass is 35.5. The standard InChI is InChI=1S/C14H24N4O.ClH/c1-9(2)12-8-13(17-16-12)14(19)18-6-4-11(5-7-18)10(3)15;/h8-11H,4-7,15H2,1-3H3,(H,16,17);1H. The molecule has 1 aliphatic rings. The number of nitrogens with two attached hydrogens (primary N) is 1. The summed E-state index contributed by atoms with van der Waals surface area (Å²) >= 11 is 0. The van der Waals surface area contributed by atoms with E-state index < -0.39 is 0 Å². The number of H-pyrrole nitrogens is 1. The Bertz CT molecular complexity index is 436. The van der Waals surface area contributed by atoms with E-state index in [0.717, 1.165) is 31.6 Å². The van der Waals surface area contributed by atoms with Gasteiger partial charge in [-0.05, 0) is 37.7 Å². The van der Waals surface area contributed by atoms with Gasteiger partial charge >= 0.3 is 0 Å². The van der Waals surface area contributed by atoms with E-state index in [2.05, 4.69) is 24.0 Å². The minimum atomic E-state index is 0. The third-order valence-corrected chi connectivity index (χ3v) is 4.01. The zero-order valence-corrected chi connectivity index (χ0v) is 13.2. The van der Waals surface area contributed by atoms with Crippen molar-refractivity contribution >= 4 is 18.3 Å². The Labute approximate surface area is 126 Å². The molecule has 1 aliphatic heterocycles. The number of hydrogen-bond donors (Lipinski definition) is 2. The molecule has 0 aromatic carbocycles. The van der Waals surface area contributed by atoms with Crippen LogP contribution in [0.1, 0.15) is 55.7 Å². The number of nitrogens with zero attached hydrogens (tertiary/aromatic N) is 2. The quantitative estimate of drug-likeness (QED) is 0.898. The molecule has 5 nitrogen and oxygen atoms in total. The fourth-order valence-corrected chi connectivity index (χ4v) is 2.53. The van der Waals surface area contributed by atoms with Crippen LogP contribution < -0.4 is 5.73 Å². The average Bonchev–Trinajstić information content (AvgIpc) is 2.87. The van der Waals surface area contributed by atoms with Crippen LogP contribution in [0, 0.1) is 5.92 Å². The summed E-state index contributed by atoms with van der Waals surface area (Å²) in [5.41, 5.74) is 7.45. The number of likely N-dealkylation sites (tertiary alicyclic amines) is 1. The molecular formula is C14H25ClN4O. The highest BCUT2D eigenvalue weighted by Crippen LogP contribution is 2.21. The van der Waals surface area contributed by atoms with E-state index in [9.17, 15) is 4.79 Å². The Morgan fingerprint density at radius 2 is 2.00 bits per heavy atom. The Hall–Kier alpha value is -1.07. The summed E-state index contributed by atoms with van der Waals surface area (Å²) in [5.74, 6) is 0.929. The van der Waals surface area contributed by atoms with Crippen molar-refractivity contribution in [2.75, 3.05) is 13.1 Å². The lowest BCUT2D eigenvalue weighted by Crippen LogP contribution is -2.42. The summed E-state index contributed by atoms with van der Waals surface area (Å²) in [5, 5.41) is 7.06. The second-order valence-electron chi connectivity index (χ2n) is 5.85. The fourth-order valence-electron chi connectivity index (χ4n) is 2.53. The predicted molar refractivity (Wildman–Crippen MR) is 82.2 cm³/mol. The van der Waals surface area contributed by atoms with Gasteiger partial charge in [0.2, 0.25) is 0 Å². The van der Waals surface area contributed by atoms with Gasteiger partial charge in [0.1, 0.15) is 5.69 Å². The zero-order valence-electron chi connectivity index (χ0n) is 12.4. The van der Waals surface area contributed by atoms with Gasteiger partial charge in [-0.25, -0.2) is 0 Å². The van der Waals surface area contributed by atoms with Crippen molar-refractivity contribution in [3.8, 4) is 0 Å². The average molecular weight is 301 g/mol. The molecule has 1 amide bonds. The van der Waals surface area contributed by atoms with E-state index in [1.165, 1.54) is 0 Å². The van der Waals surface area contributed by atoms with Gasteiger partial charge in [-0.3, -0.25) is 9.89 Å². The number of nitrogens with one attached hydrogen (secondary N) is 1. The van der Waals surface area contributed by atoms with Gasteiger partial charge in [-0.2, -0.15) is 5.10 Å². The maximum atomic E-state index is 12.3. The van der Waals surface area contributed by atoms with Crippen LogP contribution in [0.5, 0.6) is 0 Å². The highest BCUT2D eigenvalue weighted by molar-refractivity contribution is 5.92. The molecule has 1 saturated heterocycles. The summed E-state index contributed by atoms with van der Waals surface area (Å²) in [6, 6.07) is 2.08. The van der Waals surface area contributed by atoms with Crippen molar-refractivity contribution < 1.29 is 4.79 Å². The number of hydrogen-bond acceptors (Lipinski definition) is 3. The van der Waals surface area contributed by atoms with Crippen LogP contribution in [0.2, 0.25) is 0 Å². The zero-order chi connectivity index (χ0) is 14.0. The molecule has 0 aliphatic carbocycles. The van der Waals surface area contributed by atoms with E-state index in [1.807, 2.05) is 17.9 Å². The molecule has 3 N–H and O–H groups in total. The summed E-state index contributed by atoms with van der Waals surface area (Å²) in [6.07, 6.45) is 1.98. The van der Waals surface area contributed by atoms with E-state index >= 15 is 0 Å². The molecule has 1 aromatic heterocycles. The Kier molecular flexibility index (Phi) is 6.02. The maximum Gasteiger partial charge on any atom is 0.274 e. The number of aromatic amines is 1. The van der Waals surface area contributed by atoms with Gasteiger partial charge in [0, 0.05) is 24.8 Å². The van der Waals surface area contributed by atoms with Crippen LogP contribution in [-0.4, -0.2) is 40.1 Å². The number of piperidine rings is 1. The maximum absolute atomic E-state index is 12.3. The van der Waals surface area contributed by atoms with Crippen molar-refractivity contribution in [1.82, 2.24) is 15.1 Å². The Balaban J connectivity index is 0.00000200. The van der Waals surface area contributed by atoms with Gasteiger partial charge in [-0.15, -0.1) is 12.4 Å². The first-order valence-electron chi connectivity index (χ1n) is 7.09. The molecule has 0 saturated carbocycles. The lowest BCUT2D eigenvalue weighted by atomic mass is 9.91. The van der Waals surface area contributed by atoms with E-state index in [1.54, 1.807) is 0 Å². The minimum Gasteiger partial charge on any atom is -0.337 e. The first-order valence-corrected chi connectivity index (χ1v) is 7.09. The predicted octanol–water partition coefficient (Wildman–Crippen LogP) is 2.15. The number of halogens is 1. The molecule has 1 unspecified atom stereocenters. The number of aromatic nitrogens is 2. The minimum absolute atomic E-state index is 0. The van der Waals surface area contributed by atoms with Crippen LogP contribution in [0.3, 0.4) is 0 Å².